The van der Waals surface area contributed by atoms with E-state index in [0.29, 0.717) is 22.9 Å². The van der Waals surface area contributed by atoms with Crippen molar-refractivity contribution in [2.24, 2.45) is 0 Å². The van der Waals surface area contributed by atoms with Gasteiger partial charge in [-0.3, -0.25) is 9.78 Å². The van der Waals surface area contributed by atoms with Crippen molar-refractivity contribution in [3.8, 4) is 11.3 Å². The van der Waals surface area contributed by atoms with Crippen LogP contribution in [0.4, 0.5) is 14.6 Å². The molecular formula is C18H14F2N6O. The lowest BCUT2D eigenvalue weighted by molar-refractivity contribution is 0.617. The van der Waals surface area contributed by atoms with Crippen LogP contribution in [-0.2, 0) is 0 Å². The van der Waals surface area contributed by atoms with Crippen molar-refractivity contribution >= 4 is 11.5 Å². The number of halogens is 2. The second-order valence-corrected chi connectivity index (χ2v) is 5.96. The molecule has 0 radical (unpaired) electrons. The van der Waals surface area contributed by atoms with E-state index in [0.717, 1.165) is 18.5 Å². The normalized spacial score (nSPS) is 12.3. The van der Waals surface area contributed by atoms with E-state index < -0.39 is 17.2 Å². The van der Waals surface area contributed by atoms with Gasteiger partial charge in [-0.25, -0.2) is 18.3 Å². The van der Waals surface area contributed by atoms with E-state index >= 15 is 0 Å². The first-order valence-electron chi connectivity index (χ1n) is 8.12. The molecule has 4 heterocycles. The van der Waals surface area contributed by atoms with Crippen LogP contribution in [0.1, 0.15) is 18.7 Å². The summed E-state index contributed by atoms with van der Waals surface area (Å²) in [4.78, 5) is 22.6. The predicted octanol–water partition coefficient (Wildman–Crippen LogP) is 2.93. The molecular weight excluding hydrogens is 354 g/mol. The second kappa shape index (κ2) is 6.60. The van der Waals surface area contributed by atoms with Crippen LogP contribution < -0.4 is 10.9 Å². The molecule has 0 aliphatic rings. The molecule has 0 spiro atoms. The first-order valence-corrected chi connectivity index (χ1v) is 8.12. The van der Waals surface area contributed by atoms with Gasteiger partial charge >= 0.3 is 0 Å². The van der Waals surface area contributed by atoms with Gasteiger partial charge < -0.3 is 10.3 Å². The standard InChI is InChI=1S/C18H14F2N6O/c1-10(14-3-2-11(19)7-21-14)24-16-4-5-17-22-9-15(26(17)25-16)13-6-12(20)8-23-18(13)27/h2-10H,1H3,(H,23,27)(H,24,25)/t10-/m0/s1. The monoisotopic (exact) mass is 368 g/mol. The van der Waals surface area contributed by atoms with Crippen LogP contribution in [-0.4, -0.2) is 24.6 Å². The van der Waals surface area contributed by atoms with Crippen LogP contribution in [0, 0.1) is 11.6 Å². The Labute approximate surface area is 151 Å². The average molecular weight is 368 g/mol. The van der Waals surface area contributed by atoms with Crippen LogP contribution in [0.5, 0.6) is 0 Å². The molecule has 0 bridgehead atoms. The van der Waals surface area contributed by atoms with Gasteiger partial charge in [0.05, 0.1) is 35.4 Å². The van der Waals surface area contributed by atoms with E-state index in [9.17, 15) is 13.6 Å². The number of nitrogens with zero attached hydrogens (tertiary/aromatic N) is 4. The van der Waals surface area contributed by atoms with Crippen molar-refractivity contribution in [2.45, 2.75) is 13.0 Å². The zero-order valence-electron chi connectivity index (χ0n) is 14.1. The molecule has 0 saturated carbocycles. The maximum Gasteiger partial charge on any atom is 0.257 e. The number of aromatic amines is 1. The van der Waals surface area contributed by atoms with E-state index in [-0.39, 0.29) is 11.6 Å². The van der Waals surface area contributed by atoms with Gasteiger partial charge in [0, 0.05) is 6.20 Å². The molecule has 4 rings (SSSR count). The van der Waals surface area contributed by atoms with Crippen molar-refractivity contribution in [1.29, 1.82) is 0 Å². The van der Waals surface area contributed by atoms with E-state index in [1.54, 1.807) is 18.2 Å². The molecule has 0 aliphatic carbocycles. The van der Waals surface area contributed by atoms with Crippen LogP contribution in [0.15, 0.2) is 53.7 Å². The highest BCUT2D eigenvalue weighted by Gasteiger charge is 2.14. The van der Waals surface area contributed by atoms with Gasteiger partial charge in [-0.15, -0.1) is 5.10 Å². The summed E-state index contributed by atoms with van der Waals surface area (Å²) in [6.45, 7) is 1.86. The number of pyridine rings is 2. The predicted molar refractivity (Wildman–Crippen MR) is 95.2 cm³/mol. The summed E-state index contributed by atoms with van der Waals surface area (Å²) < 4.78 is 28.0. The summed E-state index contributed by atoms with van der Waals surface area (Å²) in [5.41, 5.74) is 1.20. The number of hydrogen-bond acceptors (Lipinski definition) is 5. The summed E-state index contributed by atoms with van der Waals surface area (Å²) in [5.74, 6) is -0.480. The second-order valence-electron chi connectivity index (χ2n) is 5.96. The molecule has 9 heteroatoms. The van der Waals surface area contributed by atoms with Gasteiger partial charge in [-0.05, 0) is 37.3 Å². The Morgan fingerprint density at radius 2 is 1.96 bits per heavy atom. The lowest BCUT2D eigenvalue weighted by Crippen LogP contribution is -2.13. The van der Waals surface area contributed by atoms with Gasteiger partial charge in [-0.2, -0.15) is 0 Å². The van der Waals surface area contributed by atoms with Gasteiger partial charge in [0.1, 0.15) is 17.5 Å². The van der Waals surface area contributed by atoms with E-state index in [4.69, 9.17) is 0 Å². The summed E-state index contributed by atoms with van der Waals surface area (Å²) >= 11 is 0. The van der Waals surface area contributed by atoms with Crippen LogP contribution >= 0.6 is 0 Å². The largest absolute Gasteiger partial charge is 0.361 e. The summed E-state index contributed by atoms with van der Waals surface area (Å²) in [7, 11) is 0. The topological polar surface area (TPSA) is 88.0 Å². The maximum atomic E-state index is 13.5. The number of anilines is 1. The fraction of sp³-hybridized carbons (Fsp3) is 0.111. The zero-order valence-corrected chi connectivity index (χ0v) is 14.1. The average Bonchev–Trinajstić information content (AvgIpc) is 3.07. The van der Waals surface area contributed by atoms with Gasteiger partial charge in [0.15, 0.2) is 5.65 Å². The lowest BCUT2D eigenvalue weighted by Gasteiger charge is -2.14. The number of aromatic nitrogens is 5. The third-order valence-electron chi connectivity index (χ3n) is 4.06. The first-order chi connectivity index (χ1) is 13.0. The maximum absolute atomic E-state index is 13.5. The Morgan fingerprint density at radius 1 is 1.11 bits per heavy atom. The van der Waals surface area contributed by atoms with Crippen molar-refractivity contribution in [3.05, 3.63) is 76.6 Å². The smallest absolute Gasteiger partial charge is 0.257 e. The van der Waals surface area contributed by atoms with Crippen molar-refractivity contribution in [2.75, 3.05) is 5.32 Å². The highest BCUT2D eigenvalue weighted by molar-refractivity contribution is 5.62. The number of nitrogens with one attached hydrogen (secondary N) is 2. The molecule has 0 aromatic carbocycles. The Hall–Kier alpha value is -3.62. The number of fused-ring (bicyclic) bond motifs is 1. The summed E-state index contributed by atoms with van der Waals surface area (Å²) in [6, 6.07) is 7.26. The molecule has 4 aromatic heterocycles. The van der Waals surface area contributed by atoms with Crippen LogP contribution in [0.3, 0.4) is 0 Å². The highest BCUT2D eigenvalue weighted by Crippen LogP contribution is 2.20. The van der Waals surface area contributed by atoms with E-state index in [1.807, 2.05) is 6.92 Å². The highest BCUT2D eigenvalue weighted by atomic mass is 19.1. The molecule has 2 N–H and O–H groups in total. The van der Waals surface area contributed by atoms with Crippen molar-refractivity contribution in [1.82, 2.24) is 24.6 Å². The fourth-order valence-corrected chi connectivity index (χ4v) is 2.72. The molecule has 1 atom stereocenters. The van der Waals surface area contributed by atoms with E-state index in [2.05, 4.69) is 25.4 Å². The minimum Gasteiger partial charge on any atom is -0.361 e. The third-order valence-corrected chi connectivity index (χ3v) is 4.06. The SMILES string of the molecule is C[C@H](Nc1ccc2ncc(-c3cc(F)c[nH]c3=O)n2n1)c1ccc(F)cn1. The molecule has 7 nitrogen and oxygen atoms in total. The number of imidazole rings is 1. The number of hydrogen-bond donors (Lipinski definition) is 2. The molecule has 0 saturated heterocycles. The van der Waals surface area contributed by atoms with Gasteiger partial charge in [-0.1, -0.05) is 0 Å². The van der Waals surface area contributed by atoms with Crippen LogP contribution in [0.2, 0.25) is 0 Å². The quantitative estimate of drug-likeness (QED) is 0.578. The molecule has 0 unspecified atom stereocenters. The van der Waals surface area contributed by atoms with Crippen molar-refractivity contribution < 1.29 is 8.78 Å². The lowest BCUT2D eigenvalue weighted by atomic mass is 10.2. The number of H-pyrrole nitrogens is 1. The third kappa shape index (κ3) is 3.26. The number of rotatable bonds is 4. The molecule has 136 valence electrons. The Bertz CT molecular complexity index is 1170. The zero-order chi connectivity index (χ0) is 19.0. The van der Waals surface area contributed by atoms with Crippen molar-refractivity contribution in [3.63, 3.8) is 0 Å². The first kappa shape index (κ1) is 16.8. The molecule has 4 aromatic rings. The minimum absolute atomic E-state index is 0.125. The molecule has 0 amide bonds. The van der Waals surface area contributed by atoms with Gasteiger partial charge in [0.2, 0.25) is 0 Å². The fourth-order valence-electron chi connectivity index (χ4n) is 2.72. The molecule has 0 fully saturated rings. The molecule has 27 heavy (non-hydrogen) atoms. The van der Waals surface area contributed by atoms with Crippen LogP contribution in [0.25, 0.3) is 16.9 Å². The Morgan fingerprint density at radius 3 is 2.74 bits per heavy atom. The summed E-state index contributed by atoms with van der Waals surface area (Å²) in [6.07, 6.45) is 3.60. The van der Waals surface area contributed by atoms with E-state index in [1.165, 1.54) is 16.8 Å². The Balaban J connectivity index is 1.70. The minimum atomic E-state index is -0.565. The molecule has 0 aliphatic heterocycles. The summed E-state index contributed by atoms with van der Waals surface area (Å²) in [5, 5.41) is 7.59. The Kier molecular flexibility index (Phi) is 4.11. The van der Waals surface area contributed by atoms with Gasteiger partial charge in [0.25, 0.3) is 5.56 Å².